The number of cyclic esters (lactones) is 4. The van der Waals surface area contributed by atoms with E-state index in [1.54, 1.807) is 0 Å². The van der Waals surface area contributed by atoms with E-state index in [1.165, 1.54) is 0 Å². The lowest BCUT2D eigenvalue weighted by Gasteiger charge is -2.31. The molecule has 0 spiro atoms. The molecule has 0 bridgehead atoms. The lowest BCUT2D eigenvalue weighted by atomic mass is 9.74. The molecule has 2 fully saturated rings. The van der Waals surface area contributed by atoms with Crippen LogP contribution in [0.2, 0.25) is 0 Å². The van der Waals surface area contributed by atoms with E-state index in [1.807, 2.05) is 0 Å². The number of carbonyl (C=O) groups is 6. The number of rotatable bonds is 33. The standard InChI is InChI=1S/C44H70O10/c1-3-5-7-15-23-35(37-31-41(49)53-43(37)51)29-27-33(21-17-11-9-13-19-25-39(45)46)34(22-18-12-10-14-20-26-40(47)48)28-30-36(24-16-8-6-4-2)38-32-42(50)54-44(38)52/h15-16,23-24,33-38H,3-14,17-22,25-32H2,1-2H3,(H,45,46)(H,47,48)/b23-15+,24-16+. The minimum Gasteiger partial charge on any atom is -0.481 e. The number of carboxylic acids is 2. The number of carbonyl (C=O) groups excluding carboxylic acids is 4. The Morgan fingerprint density at radius 3 is 1.26 bits per heavy atom. The van der Waals surface area contributed by atoms with Crippen LogP contribution in [0.1, 0.15) is 181 Å². The van der Waals surface area contributed by atoms with E-state index < -0.39 is 47.7 Å². The molecule has 0 radical (unpaired) electrons. The van der Waals surface area contributed by atoms with Gasteiger partial charge in [-0.1, -0.05) is 128 Å². The molecule has 2 rings (SSSR count). The van der Waals surface area contributed by atoms with Crippen molar-refractivity contribution in [1.29, 1.82) is 0 Å². The van der Waals surface area contributed by atoms with E-state index in [0.29, 0.717) is 24.7 Å². The van der Waals surface area contributed by atoms with Gasteiger partial charge in [-0.15, -0.1) is 0 Å². The molecule has 0 aromatic carbocycles. The first kappa shape index (κ1) is 46.9. The Hall–Kier alpha value is -3.30. The highest BCUT2D eigenvalue weighted by Gasteiger charge is 2.40. The number of aliphatic carboxylic acids is 2. The third-order valence-electron chi connectivity index (χ3n) is 11.4. The topological polar surface area (TPSA) is 161 Å². The summed E-state index contributed by atoms with van der Waals surface area (Å²) in [4.78, 5) is 71.8. The Morgan fingerprint density at radius 1 is 0.556 bits per heavy atom. The van der Waals surface area contributed by atoms with Crippen molar-refractivity contribution < 1.29 is 48.5 Å². The second kappa shape index (κ2) is 28.2. The summed E-state index contributed by atoms with van der Waals surface area (Å²) in [6.45, 7) is 4.29. The maximum absolute atomic E-state index is 12.8. The first-order valence-electron chi connectivity index (χ1n) is 21.3. The van der Waals surface area contributed by atoms with Crippen molar-refractivity contribution in [2.24, 2.45) is 35.5 Å². The molecule has 10 heteroatoms. The molecule has 0 aromatic heterocycles. The summed E-state index contributed by atoms with van der Waals surface area (Å²) < 4.78 is 10.00. The summed E-state index contributed by atoms with van der Waals surface area (Å²) in [6, 6.07) is 0. The number of unbranched alkanes of at least 4 members (excludes halogenated alkanes) is 12. The molecule has 306 valence electrons. The zero-order chi connectivity index (χ0) is 39.6. The van der Waals surface area contributed by atoms with Gasteiger partial charge in [0, 0.05) is 12.8 Å². The van der Waals surface area contributed by atoms with Crippen molar-refractivity contribution in [3.8, 4) is 0 Å². The Morgan fingerprint density at radius 2 is 0.926 bits per heavy atom. The van der Waals surface area contributed by atoms with Gasteiger partial charge in [0.2, 0.25) is 0 Å². The van der Waals surface area contributed by atoms with Crippen LogP contribution in [0.15, 0.2) is 24.3 Å². The summed E-state index contributed by atoms with van der Waals surface area (Å²) in [6.07, 6.45) is 29.6. The Kier molecular flexibility index (Phi) is 24.4. The molecular weight excluding hydrogens is 688 g/mol. The smallest absolute Gasteiger partial charge is 0.317 e. The van der Waals surface area contributed by atoms with Gasteiger partial charge in [0.15, 0.2) is 0 Å². The maximum atomic E-state index is 12.8. The molecule has 2 aliphatic rings. The number of allylic oxidation sites excluding steroid dienone is 4. The number of hydrogen-bond donors (Lipinski definition) is 2. The predicted octanol–water partition coefficient (Wildman–Crippen LogP) is 10.3. The summed E-state index contributed by atoms with van der Waals surface area (Å²) in [7, 11) is 0. The Labute approximate surface area is 324 Å². The molecule has 0 amide bonds. The van der Waals surface area contributed by atoms with E-state index >= 15 is 0 Å². The molecular formula is C44H70O10. The van der Waals surface area contributed by atoms with Crippen LogP contribution in [0.3, 0.4) is 0 Å². The van der Waals surface area contributed by atoms with Crippen LogP contribution in [0.4, 0.5) is 0 Å². The van der Waals surface area contributed by atoms with Gasteiger partial charge in [-0.25, -0.2) is 0 Å². The van der Waals surface area contributed by atoms with Crippen molar-refractivity contribution >= 4 is 35.8 Å². The van der Waals surface area contributed by atoms with Gasteiger partial charge in [-0.05, 0) is 75.0 Å². The average molecular weight is 759 g/mol. The van der Waals surface area contributed by atoms with Crippen LogP contribution >= 0.6 is 0 Å². The van der Waals surface area contributed by atoms with E-state index in [-0.39, 0.29) is 37.5 Å². The zero-order valence-corrected chi connectivity index (χ0v) is 33.3. The molecule has 0 aromatic rings. The molecule has 6 atom stereocenters. The fourth-order valence-corrected chi connectivity index (χ4v) is 8.16. The number of hydrogen-bond acceptors (Lipinski definition) is 8. The van der Waals surface area contributed by atoms with Crippen molar-refractivity contribution in [2.75, 3.05) is 0 Å². The highest BCUT2D eigenvalue weighted by Crippen LogP contribution is 2.39. The van der Waals surface area contributed by atoms with Crippen LogP contribution in [0.25, 0.3) is 0 Å². The molecule has 2 aliphatic heterocycles. The minimum atomic E-state index is -0.764. The molecule has 2 heterocycles. The largest absolute Gasteiger partial charge is 0.481 e. The summed E-state index contributed by atoms with van der Waals surface area (Å²) >= 11 is 0. The first-order chi connectivity index (χ1) is 26.0. The van der Waals surface area contributed by atoms with E-state index in [4.69, 9.17) is 19.7 Å². The average Bonchev–Trinajstić information content (AvgIpc) is 3.65. The van der Waals surface area contributed by atoms with Gasteiger partial charge in [0.05, 0.1) is 24.7 Å². The van der Waals surface area contributed by atoms with Crippen LogP contribution in [0, 0.1) is 35.5 Å². The molecule has 6 unspecified atom stereocenters. The van der Waals surface area contributed by atoms with Crippen LogP contribution in [-0.4, -0.2) is 46.0 Å². The van der Waals surface area contributed by atoms with Crippen LogP contribution < -0.4 is 0 Å². The Bertz CT molecular complexity index is 1110. The second-order valence-corrected chi connectivity index (χ2v) is 15.8. The van der Waals surface area contributed by atoms with Gasteiger partial charge in [0.1, 0.15) is 0 Å². The third kappa shape index (κ3) is 19.9. The molecule has 2 saturated heterocycles. The van der Waals surface area contributed by atoms with Crippen molar-refractivity contribution in [1.82, 2.24) is 0 Å². The fraction of sp³-hybridized carbons (Fsp3) is 0.773. The van der Waals surface area contributed by atoms with Crippen molar-refractivity contribution in [2.45, 2.75) is 181 Å². The molecule has 54 heavy (non-hydrogen) atoms. The molecule has 0 aliphatic carbocycles. The first-order valence-corrected chi connectivity index (χ1v) is 21.3. The third-order valence-corrected chi connectivity index (χ3v) is 11.4. The number of ether oxygens (including phenoxy) is 2. The van der Waals surface area contributed by atoms with Crippen molar-refractivity contribution in [3.63, 3.8) is 0 Å². The lowest BCUT2D eigenvalue weighted by molar-refractivity contribution is -0.155. The second-order valence-electron chi connectivity index (χ2n) is 15.8. The van der Waals surface area contributed by atoms with E-state index in [0.717, 1.165) is 128 Å². The number of esters is 4. The summed E-state index contributed by atoms with van der Waals surface area (Å²) in [5, 5.41) is 18.1. The highest BCUT2D eigenvalue weighted by molar-refractivity contribution is 5.95. The van der Waals surface area contributed by atoms with E-state index in [9.17, 15) is 28.8 Å². The highest BCUT2D eigenvalue weighted by atomic mass is 16.6. The van der Waals surface area contributed by atoms with Crippen LogP contribution in [-0.2, 0) is 38.2 Å². The van der Waals surface area contributed by atoms with Gasteiger partial charge in [-0.2, -0.15) is 0 Å². The van der Waals surface area contributed by atoms with Crippen molar-refractivity contribution in [3.05, 3.63) is 24.3 Å². The van der Waals surface area contributed by atoms with Gasteiger partial charge < -0.3 is 19.7 Å². The normalized spacial score (nSPS) is 19.7. The SMILES string of the molecule is CCCC/C=C/C(CCC(CCCCCCCC(=O)O)C(CCCCCCCC(=O)O)CCC(/C=C/CCCC)C1CC(=O)OC1=O)C1CC(=O)OC1=O. The summed E-state index contributed by atoms with van der Waals surface area (Å²) in [5.41, 5.74) is 0. The number of carboxylic acid groups (broad SMARTS) is 2. The fourth-order valence-electron chi connectivity index (χ4n) is 8.16. The Balaban J connectivity index is 2.30. The minimum absolute atomic E-state index is 0.0947. The zero-order valence-electron chi connectivity index (χ0n) is 33.3. The lowest BCUT2D eigenvalue weighted by Crippen LogP contribution is -2.23. The molecule has 2 N–H and O–H groups in total. The van der Waals surface area contributed by atoms with E-state index in [2.05, 4.69) is 38.2 Å². The van der Waals surface area contributed by atoms with Gasteiger partial charge in [-0.3, -0.25) is 28.8 Å². The van der Waals surface area contributed by atoms with Crippen LogP contribution in [0.5, 0.6) is 0 Å². The summed E-state index contributed by atoms with van der Waals surface area (Å²) in [5.74, 6) is -3.79. The monoisotopic (exact) mass is 758 g/mol. The predicted molar refractivity (Wildman–Crippen MR) is 208 cm³/mol. The quantitative estimate of drug-likeness (QED) is 0.0285. The maximum Gasteiger partial charge on any atom is 0.317 e. The molecule has 0 saturated carbocycles. The van der Waals surface area contributed by atoms with Gasteiger partial charge >= 0.3 is 35.8 Å². The van der Waals surface area contributed by atoms with Gasteiger partial charge in [0.25, 0.3) is 0 Å². The molecule has 10 nitrogen and oxygen atoms in total.